The lowest BCUT2D eigenvalue weighted by atomic mass is 9.98. The van der Waals surface area contributed by atoms with Crippen LogP contribution in [0.5, 0.6) is 0 Å². The smallest absolute Gasteiger partial charge is 0.395 e. The second-order valence-corrected chi connectivity index (χ2v) is 4.01. The van der Waals surface area contributed by atoms with Gasteiger partial charge in [-0.25, -0.2) is 0 Å². The predicted molar refractivity (Wildman–Crippen MR) is 62.5 cm³/mol. The van der Waals surface area contributed by atoms with Crippen LogP contribution in [0.15, 0.2) is 18.2 Å². The highest BCUT2D eigenvalue weighted by molar-refractivity contribution is 5.85. The lowest BCUT2D eigenvalue weighted by Crippen LogP contribution is -2.28. The number of benzene rings is 1. The van der Waals surface area contributed by atoms with Crippen molar-refractivity contribution < 1.29 is 31.4 Å². The normalized spacial score (nSPS) is 13.8. The predicted octanol–water partition coefficient (Wildman–Crippen LogP) is 3.01. The van der Waals surface area contributed by atoms with E-state index in [0.717, 1.165) is 6.07 Å². The highest BCUT2D eigenvalue weighted by Crippen LogP contribution is 2.37. The number of hydrogen-bond donors (Lipinski definition) is 2. The second kappa shape index (κ2) is 6.64. The maximum absolute atomic E-state index is 12.7. The van der Waals surface area contributed by atoms with E-state index in [9.17, 15) is 26.3 Å². The van der Waals surface area contributed by atoms with Gasteiger partial charge in [0.15, 0.2) is 0 Å². The minimum absolute atomic E-state index is 0. The Morgan fingerprint density at radius 2 is 1.60 bits per heavy atom. The average molecular weight is 324 g/mol. The zero-order valence-electron chi connectivity index (χ0n) is 9.92. The fourth-order valence-corrected chi connectivity index (χ4v) is 1.54. The third-order valence-corrected chi connectivity index (χ3v) is 2.46. The van der Waals surface area contributed by atoms with E-state index in [1.54, 1.807) is 0 Å². The monoisotopic (exact) mass is 323 g/mol. The van der Waals surface area contributed by atoms with Crippen LogP contribution in [-0.2, 0) is 18.8 Å². The topological polar surface area (TPSA) is 46.2 Å². The van der Waals surface area contributed by atoms with Gasteiger partial charge < -0.3 is 10.8 Å². The summed E-state index contributed by atoms with van der Waals surface area (Å²) in [5.74, 6) is 0. The Labute approximate surface area is 117 Å². The molecule has 0 fully saturated rings. The fraction of sp³-hybridized carbons (Fsp3) is 0.455. The van der Waals surface area contributed by atoms with Crippen molar-refractivity contribution in [3.8, 4) is 0 Å². The Morgan fingerprint density at radius 3 is 2.00 bits per heavy atom. The Hall–Kier alpha value is -0.990. The zero-order chi connectivity index (χ0) is 14.8. The molecule has 0 radical (unpaired) electrons. The molecule has 1 aromatic carbocycles. The van der Waals surface area contributed by atoms with E-state index in [1.165, 1.54) is 0 Å². The quantitative estimate of drug-likeness (QED) is 0.840. The SMILES string of the molecule is Cl.NC(CO)Cc1ccc(C(F)(F)F)cc1C(F)(F)F. The number of nitrogens with two attached hydrogens (primary N) is 1. The summed E-state index contributed by atoms with van der Waals surface area (Å²) in [7, 11) is 0. The molecule has 0 amide bonds. The van der Waals surface area contributed by atoms with Crippen LogP contribution in [0.25, 0.3) is 0 Å². The number of alkyl halides is 6. The van der Waals surface area contributed by atoms with Crippen molar-refractivity contribution in [2.45, 2.75) is 24.8 Å². The van der Waals surface area contributed by atoms with Gasteiger partial charge in [-0.1, -0.05) is 6.07 Å². The summed E-state index contributed by atoms with van der Waals surface area (Å²) in [6.07, 6.45) is -10.1. The van der Waals surface area contributed by atoms with Crippen molar-refractivity contribution in [2.24, 2.45) is 5.73 Å². The van der Waals surface area contributed by atoms with E-state index in [-0.39, 0.29) is 30.5 Å². The van der Waals surface area contributed by atoms with Crippen molar-refractivity contribution in [1.82, 2.24) is 0 Å². The molecule has 1 rings (SSSR count). The van der Waals surface area contributed by atoms with Gasteiger partial charge in [0.1, 0.15) is 0 Å². The molecule has 0 aromatic heterocycles. The number of aliphatic hydroxyl groups is 1. The van der Waals surface area contributed by atoms with Crippen LogP contribution in [0, 0.1) is 0 Å². The summed E-state index contributed by atoms with van der Waals surface area (Å²) in [6, 6.07) is 0.396. The first-order valence-corrected chi connectivity index (χ1v) is 5.19. The van der Waals surface area contributed by atoms with Gasteiger partial charge in [0.05, 0.1) is 17.7 Å². The van der Waals surface area contributed by atoms with E-state index >= 15 is 0 Å². The Balaban J connectivity index is 0.00000361. The summed E-state index contributed by atoms with van der Waals surface area (Å²) in [6.45, 7) is -0.557. The van der Waals surface area contributed by atoms with Gasteiger partial charge in [-0.2, -0.15) is 26.3 Å². The number of aliphatic hydroxyl groups excluding tert-OH is 1. The lowest BCUT2D eigenvalue weighted by Gasteiger charge is -2.17. The molecule has 1 atom stereocenters. The van der Waals surface area contributed by atoms with Crippen molar-refractivity contribution in [1.29, 1.82) is 0 Å². The summed E-state index contributed by atoms with van der Waals surface area (Å²) < 4.78 is 75.3. The molecule has 0 heterocycles. The molecule has 0 bridgehead atoms. The largest absolute Gasteiger partial charge is 0.416 e. The standard InChI is InChI=1S/C11H11F6NO.ClH/c12-10(13,14)7-2-1-6(3-8(18)5-19)9(4-7)11(15,16)17;/h1-2,4,8,19H,3,5,18H2;1H. The molecule has 0 aliphatic rings. The lowest BCUT2D eigenvalue weighted by molar-refractivity contribution is -0.143. The Bertz CT molecular complexity index is 446. The van der Waals surface area contributed by atoms with Gasteiger partial charge in [-0.05, 0) is 24.1 Å². The molecule has 0 saturated carbocycles. The second-order valence-electron chi connectivity index (χ2n) is 4.01. The van der Waals surface area contributed by atoms with Crippen molar-refractivity contribution in [2.75, 3.05) is 6.61 Å². The van der Waals surface area contributed by atoms with Crippen LogP contribution < -0.4 is 5.73 Å². The molecule has 0 saturated heterocycles. The van der Waals surface area contributed by atoms with Crippen LogP contribution in [0.2, 0.25) is 0 Å². The van der Waals surface area contributed by atoms with Crippen LogP contribution in [0.3, 0.4) is 0 Å². The van der Waals surface area contributed by atoms with Gasteiger partial charge in [0.25, 0.3) is 0 Å². The van der Waals surface area contributed by atoms with Crippen molar-refractivity contribution in [3.63, 3.8) is 0 Å². The highest BCUT2D eigenvalue weighted by atomic mass is 35.5. The molecule has 1 aromatic rings. The fourth-order valence-electron chi connectivity index (χ4n) is 1.54. The van der Waals surface area contributed by atoms with Gasteiger partial charge >= 0.3 is 12.4 Å². The highest BCUT2D eigenvalue weighted by Gasteiger charge is 2.38. The maximum Gasteiger partial charge on any atom is 0.416 e. The van der Waals surface area contributed by atoms with E-state index < -0.39 is 36.1 Å². The van der Waals surface area contributed by atoms with Crippen molar-refractivity contribution >= 4 is 12.4 Å². The summed E-state index contributed by atoms with van der Waals surface area (Å²) >= 11 is 0. The maximum atomic E-state index is 12.7. The average Bonchev–Trinajstić information content (AvgIpc) is 2.26. The molecular formula is C11H12ClF6NO. The molecule has 0 aliphatic heterocycles. The van der Waals surface area contributed by atoms with Crippen LogP contribution in [-0.4, -0.2) is 17.8 Å². The number of rotatable bonds is 3. The number of halogens is 7. The van der Waals surface area contributed by atoms with Crippen LogP contribution in [0.4, 0.5) is 26.3 Å². The molecule has 3 N–H and O–H groups in total. The first kappa shape index (κ1) is 19.0. The van der Waals surface area contributed by atoms with Gasteiger partial charge in [0, 0.05) is 6.04 Å². The molecule has 9 heteroatoms. The molecule has 1 unspecified atom stereocenters. The molecule has 20 heavy (non-hydrogen) atoms. The third-order valence-electron chi connectivity index (χ3n) is 2.46. The first-order chi connectivity index (χ1) is 8.55. The summed E-state index contributed by atoms with van der Waals surface area (Å²) in [4.78, 5) is 0. The summed E-state index contributed by atoms with van der Waals surface area (Å²) in [5, 5.41) is 8.69. The Kier molecular flexibility index (Phi) is 6.31. The molecule has 2 nitrogen and oxygen atoms in total. The number of hydrogen-bond acceptors (Lipinski definition) is 2. The third kappa shape index (κ3) is 4.84. The molecule has 116 valence electrons. The van der Waals surface area contributed by atoms with E-state index in [1.807, 2.05) is 0 Å². The first-order valence-electron chi connectivity index (χ1n) is 5.19. The van der Waals surface area contributed by atoms with Gasteiger partial charge in [-0.15, -0.1) is 12.4 Å². The van der Waals surface area contributed by atoms with E-state index in [0.29, 0.717) is 6.07 Å². The zero-order valence-corrected chi connectivity index (χ0v) is 10.7. The van der Waals surface area contributed by atoms with E-state index in [2.05, 4.69) is 0 Å². The van der Waals surface area contributed by atoms with Gasteiger partial charge in [-0.3, -0.25) is 0 Å². The minimum atomic E-state index is -4.91. The molecular weight excluding hydrogens is 312 g/mol. The van der Waals surface area contributed by atoms with Gasteiger partial charge in [0.2, 0.25) is 0 Å². The molecule has 0 spiro atoms. The summed E-state index contributed by atoms with van der Waals surface area (Å²) in [5.41, 5.74) is 2.17. The van der Waals surface area contributed by atoms with Crippen LogP contribution >= 0.6 is 12.4 Å². The molecule has 0 aliphatic carbocycles. The van der Waals surface area contributed by atoms with Crippen LogP contribution in [0.1, 0.15) is 16.7 Å². The minimum Gasteiger partial charge on any atom is -0.395 e. The van der Waals surface area contributed by atoms with Crippen molar-refractivity contribution in [3.05, 3.63) is 34.9 Å². The van der Waals surface area contributed by atoms with E-state index in [4.69, 9.17) is 10.8 Å². The Morgan fingerprint density at radius 1 is 1.05 bits per heavy atom.